The van der Waals surface area contributed by atoms with Gasteiger partial charge in [-0.25, -0.2) is 0 Å². The molecule has 3 rings (SSSR count). The van der Waals surface area contributed by atoms with Gasteiger partial charge in [-0.05, 0) is 42.5 Å². The van der Waals surface area contributed by atoms with Gasteiger partial charge in [0.2, 0.25) is 0 Å². The zero-order chi connectivity index (χ0) is 16.9. The maximum atomic E-state index is 10.4. The first kappa shape index (κ1) is 17.1. The van der Waals surface area contributed by atoms with E-state index in [0.717, 1.165) is 37.4 Å². The highest BCUT2D eigenvalue weighted by Crippen LogP contribution is 2.43. The van der Waals surface area contributed by atoms with Crippen LogP contribution in [0.5, 0.6) is 11.5 Å². The summed E-state index contributed by atoms with van der Waals surface area (Å²) < 4.78 is 5.48. The zero-order valence-electron chi connectivity index (χ0n) is 14.0. The summed E-state index contributed by atoms with van der Waals surface area (Å²) >= 11 is 6.29. The Labute approximate surface area is 148 Å². The summed E-state index contributed by atoms with van der Waals surface area (Å²) in [5.41, 5.74) is 2.23. The van der Waals surface area contributed by atoms with Crippen molar-refractivity contribution in [2.24, 2.45) is 5.92 Å². The van der Waals surface area contributed by atoms with Crippen molar-refractivity contribution >= 4 is 11.6 Å². The Balaban J connectivity index is 1.76. The van der Waals surface area contributed by atoms with Crippen molar-refractivity contribution in [3.63, 3.8) is 0 Å². The number of halogens is 1. The number of hydrogen-bond donors (Lipinski definition) is 1. The molecule has 128 valence electrons. The number of likely N-dealkylation sites (tertiary alicyclic amines) is 1. The molecule has 0 unspecified atom stereocenters. The van der Waals surface area contributed by atoms with Gasteiger partial charge in [0, 0.05) is 24.5 Å². The van der Waals surface area contributed by atoms with Gasteiger partial charge < -0.3 is 9.84 Å². The third kappa shape index (κ3) is 3.68. The molecular formula is C20H24ClNO2. The van der Waals surface area contributed by atoms with Crippen molar-refractivity contribution in [2.75, 3.05) is 26.1 Å². The minimum atomic E-state index is 0.227. The lowest BCUT2D eigenvalue weighted by molar-refractivity contribution is 0.155. The molecule has 1 N–H and O–H groups in total. The molecule has 1 aliphatic rings. The highest BCUT2D eigenvalue weighted by atomic mass is 35.5. The molecule has 0 aliphatic carbocycles. The standard InChI is InChI=1S/C20H24ClNO2/c1-24-19-9-5-8-18(23)20(19)17-10-11-22(14-16(17)12-21)13-15-6-3-2-4-7-15/h2-9,16-17,23H,10-14H2,1H3/t16-,17-/m0/s1. The maximum absolute atomic E-state index is 10.4. The Morgan fingerprint density at radius 2 is 1.96 bits per heavy atom. The van der Waals surface area contributed by atoms with E-state index < -0.39 is 0 Å². The lowest BCUT2D eigenvalue weighted by atomic mass is 9.80. The molecule has 0 saturated carbocycles. The molecule has 2 aromatic carbocycles. The first-order valence-corrected chi connectivity index (χ1v) is 8.94. The Bertz CT molecular complexity index is 662. The van der Waals surface area contributed by atoms with Gasteiger partial charge in [-0.3, -0.25) is 4.90 Å². The Morgan fingerprint density at radius 3 is 2.67 bits per heavy atom. The predicted molar refractivity (Wildman–Crippen MR) is 97.9 cm³/mol. The highest BCUT2D eigenvalue weighted by molar-refractivity contribution is 6.18. The highest BCUT2D eigenvalue weighted by Gasteiger charge is 2.33. The molecule has 0 spiro atoms. The lowest BCUT2D eigenvalue weighted by Crippen LogP contribution is -2.40. The normalized spacial score (nSPS) is 21.6. The van der Waals surface area contributed by atoms with Crippen LogP contribution >= 0.6 is 11.6 Å². The number of phenols is 1. The average molecular weight is 346 g/mol. The molecule has 4 heteroatoms. The third-order valence-corrected chi connectivity index (χ3v) is 5.30. The smallest absolute Gasteiger partial charge is 0.126 e. The van der Waals surface area contributed by atoms with E-state index >= 15 is 0 Å². The summed E-state index contributed by atoms with van der Waals surface area (Å²) in [5.74, 6) is 2.17. The summed E-state index contributed by atoms with van der Waals surface area (Å²) in [4.78, 5) is 2.45. The number of aromatic hydroxyl groups is 1. The van der Waals surface area contributed by atoms with E-state index in [9.17, 15) is 5.11 Å². The number of nitrogens with zero attached hydrogens (tertiary/aromatic N) is 1. The van der Waals surface area contributed by atoms with Crippen LogP contribution in [-0.2, 0) is 6.54 Å². The van der Waals surface area contributed by atoms with Crippen LogP contribution in [0, 0.1) is 5.92 Å². The van der Waals surface area contributed by atoms with E-state index in [2.05, 4.69) is 29.2 Å². The van der Waals surface area contributed by atoms with Crippen LogP contribution in [0.4, 0.5) is 0 Å². The molecule has 1 fully saturated rings. The van der Waals surface area contributed by atoms with Gasteiger partial charge in [0.25, 0.3) is 0 Å². The molecule has 1 aliphatic heterocycles. The van der Waals surface area contributed by atoms with Crippen molar-refractivity contribution in [3.8, 4) is 11.5 Å². The summed E-state index contributed by atoms with van der Waals surface area (Å²) in [5, 5.41) is 10.4. The van der Waals surface area contributed by atoms with E-state index in [-0.39, 0.29) is 5.92 Å². The first-order chi connectivity index (χ1) is 11.7. The topological polar surface area (TPSA) is 32.7 Å². The van der Waals surface area contributed by atoms with Crippen molar-refractivity contribution in [3.05, 3.63) is 59.7 Å². The lowest BCUT2D eigenvalue weighted by Gasteiger charge is -2.38. The number of alkyl halides is 1. The van der Waals surface area contributed by atoms with E-state index in [0.29, 0.717) is 17.5 Å². The number of benzene rings is 2. The van der Waals surface area contributed by atoms with Crippen molar-refractivity contribution in [1.82, 2.24) is 4.90 Å². The maximum Gasteiger partial charge on any atom is 0.126 e. The predicted octanol–water partition coefficient (Wildman–Crippen LogP) is 4.25. The minimum absolute atomic E-state index is 0.227. The molecule has 1 saturated heterocycles. The molecular weight excluding hydrogens is 322 g/mol. The van der Waals surface area contributed by atoms with Crippen molar-refractivity contribution in [2.45, 2.75) is 18.9 Å². The summed E-state index contributed by atoms with van der Waals surface area (Å²) in [6.45, 7) is 2.86. The SMILES string of the molecule is COc1cccc(O)c1[C@H]1CCN(Cc2ccccc2)C[C@@H]1CCl. The number of rotatable bonds is 5. The van der Waals surface area contributed by atoms with Crippen molar-refractivity contribution < 1.29 is 9.84 Å². The molecule has 2 atom stereocenters. The summed E-state index contributed by atoms with van der Waals surface area (Å²) in [6, 6.07) is 16.0. The van der Waals surface area contributed by atoms with Crippen LogP contribution in [0.1, 0.15) is 23.5 Å². The van der Waals surface area contributed by atoms with Gasteiger partial charge in [-0.15, -0.1) is 11.6 Å². The number of phenolic OH excluding ortho intramolecular Hbond substituents is 1. The van der Waals surface area contributed by atoms with Crippen LogP contribution in [0.2, 0.25) is 0 Å². The molecule has 1 heterocycles. The van der Waals surface area contributed by atoms with Gasteiger partial charge in [0.1, 0.15) is 11.5 Å². The Morgan fingerprint density at radius 1 is 1.17 bits per heavy atom. The molecule has 0 bridgehead atoms. The number of hydrogen-bond acceptors (Lipinski definition) is 3. The van der Waals surface area contributed by atoms with Crippen LogP contribution in [0.25, 0.3) is 0 Å². The average Bonchev–Trinajstić information content (AvgIpc) is 2.62. The van der Waals surface area contributed by atoms with Crippen LogP contribution in [0.3, 0.4) is 0 Å². The van der Waals surface area contributed by atoms with Crippen LogP contribution in [-0.4, -0.2) is 36.1 Å². The van der Waals surface area contributed by atoms with Gasteiger partial charge in [-0.2, -0.15) is 0 Å². The fraction of sp³-hybridized carbons (Fsp3) is 0.400. The second-order valence-electron chi connectivity index (χ2n) is 6.42. The molecule has 24 heavy (non-hydrogen) atoms. The Hall–Kier alpha value is -1.71. The molecule has 0 aromatic heterocycles. The second kappa shape index (κ2) is 7.91. The fourth-order valence-electron chi connectivity index (χ4n) is 3.71. The quantitative estimate of drug-likeness (QED) is 0.822. The van der Waals surface area contributed by atoms with E-state index in [1.165, 1.54) is 5.56 Å². The number of ether oxygens (including phenoxy) is 1. The van der Waals surface area contributed by atoms with E-state index in [1.54, 1.807) is 13.2 Å². The molecule has 3 nitrogen and oxygen atoms in total. The number of methoxy groups -OCH3 is 1. The molecule has 0 amide bonds. The Kier molecular flexibility index (Phi) is 5.64. The van der Waals surface area contributed by atoms with Gasteiger partial charge >= 0.3 is 0 Å². The van der Waals surface area contributed by atoms with E-state index in [1.807, 2.05) is 18.2 Å². The first-order valence-electron chi connectivity index (χ1n) is 8.41. The largest absolute Gasteiger partial charge is 0.508 e. The minimum Gasteiger partial charge on any atom is -0.508 e. The van der Waals surface area contributed by atoms with Crippen LogP contribution < -0.4 is 4.74 Å². The van der Waals surface area contributed by atoms with Gasteiger partial charge in [-0.1, -0.05) is 36.4 Å². The molecule has 2 aromatic rings. The molecule has 0 radical (unpaired) electrons. The van der Waals surface area contributed by atoms with E-state index in [4.69, 9.17) is 16.3 Å². The zero-order valence-corrected chi connectivity index (χ0v) is 14.7. The second-order valence-corrected chi connectivity index (χ2v) is 6.73. The number of piperidine rings is 1. The third-order valence-electron chi connectivity index (χ3n) is 4.90. The van der Waals surface area contributed by atoms with Gasteiger partial charge in [0.15, 0.2) is 0 Å². The summed E-state index contributed by atoms with van der Waals surface area (Å²) in [6.07, 6.45) is 0.970. The van der Waals surface area contributed by atoms with Crippen LogP contribution in [0.15, 0.2) is 48.5 Å². The monoisotopic (exact) mass is 345 g/mol. The van der Waals surface area contributed by atoms with Gasteiger partial charge in [0.05, 0.1) is 7.11 Å². The fourth-order valence-corrected chi connectivity index (χ4v) is 4.02. The van der Waals surface area contributed by atoms with Crippen molar-refractivity contribution in [1.29, 1.82) is 0 Å². The summed E-state index contributed by atoms with van der Waals surface area (Å²) in [7, 11) is 1.65.